The van der Waals surface area contributed by atoms with Gasteiger partial charge >= 0.3 is 58.2 Å². The van der Waals surface area contributed by atoms with E-state index in [0.29, 0.717) is 6.61 Å². The second-order valence-electron chi connectivity index (χ2n) is 0.365. The summed E-state index contributed by atoms with van der Waals surface area (Å²) in [6.07, 6.45) is 0. The molecule has 0 aromatic carbocycles. The summed E-state index contributed by atoms with van der Waals surface area (Å²) in [4.78, 5) is 0. The van der Waals surface area contributed by atoms with Gasteiger partial charge in [-0.15, -0.1) is 0 Å². The average Bonchev–Trinajstić information content (AvgIpc) is 1.37. The van der Waals surface area contributed by atoms with Crippen molar-refractivity contribution in [1.29, 1.82) is 0 Å². The van der Waals surface area contributed by atoms with E-state index in [0.717, 1.165) is 0 Å². The third-order valence-corrected chi connectivity index (χ3v) is 0.0816. The zero-order chi connectivity index (χ0) is 3.41. The summed E-state index contributed by atoms with van der Waals surface area (Å²) in [6.45, 7) is 0.431. The van der Waals surface area contributed by atoms with E-state index < -0.39 is 0 Å². The van der Waals surface area contributed by atoms with Gasteiger partial charge in [0.2, 0.25) is 0 Å². The standard InChI is InChI=1S/C2H5O2.CH3.Rb/c3-1-2-4;;/h1,3-4H,2H2;1H3;/q2*-1;+1. The van der Waals surface area contributed by atoms with E-state index in [-0.39, 0.29) is 72.2 Å². The second-order valence-corrected chi connectivity index (χ2v) is 0.365. The van der Waals surface area contributed by atoms with Crippen molar-refractivity contribution in [3.63, 3.8) is 0 Å². The van der Waals surface area contributed by atoms with Gasteiger partial charge in [-0.3, -0.25) is 0 Å². The molecule has 0 radical (unpaired) electrons. The van der Waals surface area contributed by atoms with Crippen LogP contribution in [0.2, 0.25) is 0 Å². The molecule has 0 atom stereocenters. The molecule has 0 saturated carbocycles. The van der Waals surface area contributed by atoms with Gasteiger partial charge in [0.25, 0.3) is 0 Å². The number of hydrogen-bond acceptors (Lipinski definition) is 2. The summed E-state index contributed by atoms with van der Waals surface area (Å²) in [5.41, 5.74) is 0. The number of aliphatic hydroxyl groups excluding tert-OH is 2. The summed E-state index contributed by atoms with van der Waals surface area (Å²) in [6, 6.07) is 0. The molecule has 34 valence electrons. The van der Waals surface area contributed by atoms with Crippen molar-refractivity contribution in [2.24, 2.45) is 0 Å². The van der Waals surface area contributed by atoms with E-state index in [1.165, 1.54) is 0 Å². The minimum Gasteiger partial charge on any atom is -0.564 e. The molecule has 3 heteroatoms. The van der Waals surface area contributed by atoms with Gasteiger partial charge in [0.15, 0.2) is 0 Å². The molecule has 0 aliphatic carbocycles. The minimum absolute atomic E-state index is 0. The quantitative estimate of drug-likeness (QED) is 0.402. The van der Waals surface area contributed by atoms with E-state index in [9.17, 15) is 0 Å². The largest absolute Gasteiger partial charge is 1.00 e. The molecule has 2 N–H and O–H groups in total. The third-order valence-electron chi connectivity index (χ3n) is 0.0816. The van der Waals surface area contributed by atoms with E-state index in [2.05, 4.69) is 0 Å². The summed E-state index contributed by atoms with van der Waals surface area (Å²) in [5.74, 6) is 0. The van der Waals surface area contributed by atoms with Crippen LogP contribution in [-0.2, 0) is 0 Å². The Bertz CT molecular complexity index is 10.8. The van der Waals surface area contributed by atoms with Gasteiger partial charge < -0.3 is 17.6 Å². The van der Waals surface area contributed by atoms with Crippen molar-refractivity contribution < 1.29 is 68.4 Å². The molecule has 0 aliphatic rings. The summed E-state index contributed by atoms with van der Waals surface area (Å²) in [5, 5.41) is 15.1. The fourth-order valence-electron chi connectivity index (χ4n) is 0. The van der Waals surface area contributed by atoms with Crippen LogP contribution in [0.3, 0.4) is 0 Å². The molecule has 2 nitrogen and oxygen atoms in total. The van der Waals surface area contributed by atoms with Gasteiger partial charge in [-0.2, -0.15) is 6.61 Å². The predicted octanol–water partition coefficient (Wildman–Crippen LogP) is -3.03. The topological polar surface area (TPSA) is 40.5 Å². The minimum atomic E-state index is -0.250. The van der Waals surface area contributed by atoms with Gasteiger partial charge in [-0.1, -0.05) is 6.61 Å². The first-order chi connectivity index (χ1) is 1.91. The molecule has 0 fully saturated rings. The maximum absolute atomic E-state index is 7.57. The van der Waals surface area contributed by atoms with Crippen molar-refractivity contribution in [2.75, 3.05) is 6.61 Å². The Morgan fingerprint density at radius 1 is 1.50 bits per heavy atom. The summed E-state index contributed by atoms with van der Waals surface area (Å²) >= 11 is 0. The van der Waals surface area contributed by atoms with E-state index in [4.69, 9.17) is 10.2 Å². The van der Waals surface area contributed by atoms with Crippen molar-refractivity contribution in [1.82, 2.24) is 0 Å². The Morgan fingerprint density at radius 3 is 1.67 bits per heavy atom. The van der Waals surface area contributed by atoms with Crippen LogP contribution in [0.5, 0.6) is 0 Å². The van der Waals surface area contributed by atoms with Crippen LogP contribution in [0.15, 0.2) is 0 Å². The van der Waals surface area contributed by atoms with E-state index in [1.807, 2.05) is 0 Å². The van der Waals surface area contributed by atoms with Gasteiger partial charge in [-0.05, 0) is 0 Å². The normalized spacial score (nSPS) is 5.00. The molecule has 0 heterocycles. The van der Waals surface area contributed by atoms with Crippen LogP contribution in [-0.4, -0.2) is 16.8 Å². The monoisotopic (exact) mass is 161 g/mol. The molecule has 0 amide bonds. The Morgan fingerprint density at radius 2 is 1.67 bits per heavy atom. The van der Waals surface area contributed by atoms with E-state index >= 15 is 0 Å². The summed E-state index contributed by atoms with van der Waals surface area (Å²) in [7, 11) is 0. The maximum atomic E-state index is 7.57. The number of hydrogen-bond donors (Lipinski definition) is 2. The predicted molar refractivity (Wildman–Crippen MR) is 19.7 cm³/mol. The zero-order valence-corrected chi connectivity index (χ0v) is 9.09. The Hall–Kier alpha value is 1.73. The van der Waals surface area contributed by atoms with Crippen molar-refractivity contribution in [2.45, 2.75) is 0 Å². The molecular weight excluding hydrogens is 153 g/mol. The fraction of sp³-hybridized carbons (Fsp3) is 0.333. The smallest absolute Gasteiger partial charge is 0.564 e. The Labute approximate surface area is 87.4 Å². The number of aliphatic hydroxyl groups is 2. The zero-order valence-electron chi connectivity index (χ0n) is 4.18. The molecule has 0 rings (SSSR count). The molecular formula is C3H8O2Rb-. The van der Waals surface area contributed by atoms with Crippen LogP contribution in [0.4, 0.5) is 0 Å². The van der Waals surface area contributed by atoms with Gasteiger partial charge in [-0.25, -0.2) is 0 Å². The van der Waals surface area contributed by atoms with Crippen LogP contribution < -0.4 is 58.2 Å². The third kappa shape index (κ3) is 17.2. The summed E-state index contributed by atoms with van der Waals surface area (Å²) < 4.78 is 0. The first-order valence-corrected chi connectivity index (χ1v) is 0.983. The average molecular weight is 162 g/mol. The Kier molecular flexibility index (Phi) is 41.4. The van der Waals surface area contributed by atoms with Crippen LogP contribution in [0.1, 0.15) is 0 Å². The molecule has 6 heavy (non-hydrogen) atoms. The van der Waals surface area contributed by atoms with Crippen LogP contribution in [0.25, 0.3) is 0 Å². The van der Waals surface area contributed by atoms with Gasteiger partial charge in [0.1, 0.15) is 0 Å². The molecule has 0 spiro atoms. The molecule has 0 aliphatic heterocycles. The Balaban J connectivity index is -0.0000000450. The first kappa shape index (κ1) is 15.6. The molecule has 0 aromatic heterocycles. The fourth-order valence-corrected chi connectivity index (χ4v) is 0. The molecule has 0 aromatic rings. The number of rotatable bonds is 1. The van der Waals surface area contributed by atoms with Gasteiger partial charge in [0, 0.05) is 0 Å². The van der Waals surface area contributed by atoms with Crippen molar-refractivity contribution in [3.05, 3.63) is 14.0 Å². The van der Waals surface area contributed by atoms with Crippen LogP contribution in [0, 0.1) is 14.0 Å². The SMILES string of the molecule is O[CH-]CO.[CH3-].[Rb+]. The van der Waals surface area contributed by atoms with Crippen molar-refractivity contribution >= 4 is 0 Å². The molecule has 0 saturated heterocycles. The van der Waals surface area contributed by atoms with Gasteiger partial charge in [0.05, 0.1) is 0 Å². The molecule has 0 unspecified atom stereocenters. The van der Waals surface area contributed by atoms with Crippen LogP contribution >= 0.6 is 0 Å². The molecule has 0 bridgehead atoms. The van der Waals surface area contributed by atoms with Crippen molar-refractivity contribution in [3.8, 4) is 0 Å². The van der Waals surface area contributed by atoms with E-state index in [1.54, 1.807) is 0 Å². The first-order valence-electron chi connectivity index (χ1n) is 0.983. The maximum Gasteiger partial charge on any atom is 1.00 e. The second kappa shape index (κ2) is 15.9.